The van der Waals surface area contributed by atoms with Crippen LogP contribution < -0.4 is 47.9 Å². The van der Waals surface area contributed by atoms with Crippen LogP contribution in [-0.2, 0) is 57.5 Å². The van der Waals surface area contributed by atoms with Gasteiger partial charge in [0, 0.05) is 6.42 Å². The van der Waals surface area contributed by atoms with Crippen LogP contribution in [0.2, 0.25) is 0 Å². The molecule has 0 aliphatic carbocycles. The number of unbranched alkanes of at least 4 members (excludes halogenated alkanes) is 4. The Bertz CT molecular complexity index is 2020. The van der Waals surface area contributed by atoms with Crippen molar-refractivity contribution in [2.75, 3.05) is 13.2 Å². The Kier molecular flexibility index (Phi) is 32.7. The highest BCUT2D eigenvalue weighted by atomic mass is 16.5. The molecule has 0 aromatic rings. The molecule has 79 heavy (non-hydrogen) atoms. The Balaban J connectivity index is 3.98. The zero-order valence-electron chi connectivity index (χ0n) is 48.5. The number of aliphatic hydroxyl groups excluding tert-OH is 3. The number of nitrogens with one attached hydrogen (secondary N) is 9. The predicted octanol–water partition coefficient (Wildman–Crippen LogP) is 0.0962. The molecule has 11 atom stereocenters. The SMILES string of the molecule is CCCCCCC[C@H](O)CC(=O)N[C@@H](CC(C)C)C(=O)N[C@H](CCC(=O)O)C(=O)N[C@H]1C(=O)N[C@H](C(C)C)C(=O)N[C@@H](CC(C)C)C(=O)N[C@H](CO)C(=O)N[C@@H](CC(C)C)C(=O)N[C@H](CO)C(=O)N[C@@H](CC(C)C)C(=O)OC1C. The Morgan fingerprint density at radius 3 is 1.49 bits per heavy atom. The average Bonchev–Trinajstić information content (AvgIpc) is 3.34. The minimum atomic E-state index is -1.95. The van der Waals surface area contributed by atoms with Crippen LogP contribution in [0.3, 0.4) is 0 Å². The van der Waals surface area contributed by atoms with E-state index in [0.717, 1.165) is 25.7 Å². The van der Waals surface area contributed by atoms with E-state index < -0.39 is 164 Å². The molecule has 0 saturated carbocycles. The lowest BCUT2D eigenvalue weighted by atomic mass is 9.98. The molecule has 0 radical (unpaired) electrons. The number of hydrogen-bond acceptors (Lipinski definition) is 15. The summed E-state index contributed by atoms with van der Waals surface area (Å²) in [6.07, 6.45) is 0.716. The maximum absolute atomic E-state index is 14.7. The molecule has 13 N–H and O–H groups in total. The van der Waals surface area contributed by atoms with E-state index in [9.17, 15) is 73.2 Å². The molecule has 1 fully saturated rings. The Morgan fingerprint density at radius 1 is 0.557 bits per heavy atom. The smallest absolute Gasteiger partial charge is 0.328 e. The third kappa shape index (κ3) is 27.2. The lowest BCUT2D eigenvalue weighted by Gasteiger charge is -2.32. The number of cyclic esters (lactones) is 1. The first-order chi connectivity index (χ1) is 36.9. The first kappa shape index (κ1) is 71.1. The number of carbonyl (C=O) groups is 11. The summed E-state index contributed by atoms with van der Waals surface area (Å²) in [4.78, 5) is 152. The molecular formula is C54H95N9O16. The Hall–Kier alpha value is -5.95. The van der Waals surface area contributed by atoms with Crippen molar-refractivity contribution >= 4 is 65.1 Å². The lowest BCUT2D eigenvalue weighted by molar-refractivity contribution is -0.157. The summed E-state index contributed by atoms with van der Waals surface area (Å²) in [6, 6.07) is -14.1. The molecule has 0 spiro atoms. The normalized spacial score (nSPS) is 23.7. The van der Waals surface area contributed by atoms with Gasteiger partial charge in [0.05, 0.1) is 25.7 Å². The highest BCUT2D eigenvalue weighted by Gasteiger charge is 2.40. The molecule has 1 heterocycles. The number of ether oxygens (including phenoxy) is 1. The molecule has 1 unspecified atom stereocenters. The third-order valence-corrected chi connectivity index (χ3v) is 12.9. The van der Waals surface area contributed by atoms with Gasteiger partial charge in [-0.2, -0.15) is 0 Å². The molecule has 25 heteroatoms. The summed E-state index contributed by atoms with van der Waals surface area (Å²) >= 11 is 0. The van der Waals surface area contributed by atoms with Crippen molar-refractivity contribution in [2.45, 2.75) is 233 Å². The molecule has 0 bridgehead atoms. The molecule has 1 rings (SSSR count). The molecule has 25 nitrogen and oxygen atoms in total. The van der Waals surface area contributed by atoms with Crippen LogP contribution in [0.15, 0.2) is 0 Å². The summed E-state index contributed by atoms with van der Waals surface area (Å²) in [7, 11) is 0. The molecule has 0 aromatic heterocycles. The summed E-state index contributed by atoms with van der Waals surface area (Å²) in [5.74, 6) is -13.0. The van der Waals surface area contributed by atoms with Gasteiger partial charge in [0.25, 0.3) is 0 Å². The number of rotatable bonds is 27. The van der Waals surface area contributed by atoms with Gasteiger partial charge in [-0.25, -0.2) is 4.79 Å². The second-order valence-electron chi connectivity index (χ2n) is 22.7. The van der Waals surface area contributed by atoms with Crippen molar-refractivity contribution in [3.05, 3.63) is 0 Å². The van der Waals surface area contributed by atoms with Crippen LogP contribution in [0.4, 0.5) is 0 Å². The average molecular weight is 1130 g/mol. The van der Waals surface area contributed by atoms with Gasteiger partial charge >= 0.3 is 11.9 Å². The van der Waals surface area contributed by atoms with Gasteiger partial charge < -0.3 is 73.0 Å². The first-order valence-corrected chi connectivity index (χ1v) is 28.0. The number of esters is 1. The van der Waals surface area contributed by atoms with Crippen molar-refractivity contribution < 1.29 is 77.9 Å². The largest absolute Gasteiger partial charge is 0.481 e. The van der Waals surface area contributed by atoms with E-state index in [-0.39, 0.29) is 55.8 Å². The quantitative estimate of drug-likeness (QED) is 0.0383. The van der Waals surface area contributed by atoms with Gasteiger partial charge in [-0.1, -0.05) is 108 Å². The van der Waals surface area contributed by atoms with Gasteiger partial charge in [-0.15, -0.1) is 0 Å². The minimum Gasteiger partial charge on any atom is -0.481 e. The summed E-state index contributed by atoms with van der Waals surface area (Å²) < 4.78 is 5.80. The molecule has 1 aliphatic heterocycles. The minimum absolute atomic E-state index is 0.00953. The van der Waals surface area contributed by atoms with E-state index in [1.165, 1.54) is 6.92 Å². The number of aliphatic hydroxyl groups is 3. The fourth-order valence-corrected chi connectivity index (χ4v) is 8.66. The van der Waals surface area contributed by atoms with E-state index in [2.05, 4.69) is 54.8 Å². The maximum atomic E-state index is 14.7. The zero-order valence-corrected chi connectivity index (χ0v) is 48.5. The molecular weight excluding hydrogens is 1030 g/mol. The summed E-state index contributed by atoms with van der Waals surface area (Å²) in [6.45, 7) is 18.4. The number of aliphatic carboxylic acids is 1. The van der Waals surface area contributed by atoms with Crippen molar-refractivity contribution in [1.82, 2.24) is 47.9 Å². The Labute approximate surface area is 465 Å². The van der Waals surface area contributed by atoms with E-state index in [1.54, 1.807) is 69.2 Å². The predicted molar refractivity (Wildman–Crippen MR) is 291 cm³/mol. The van der Waals surface area contributed by atoms with Crippen molar-refractivity contribution in [3.63, 3.8) is 0 Å². The zero-order chi connectivity index (χ0) is 60.3. The summed E-state index contributed by atoms with van der Waals surface area (Å²) in [5.41, 5.74) is 0. The molecule has 9 amide bonds. The molecule has 452 valence electrons. The molecule has 1 saturated heterocycles. The second kappa shape index (κ2) is 36.3. The van der Waals surface area contributed by atoms with E-state index in [1.807, 2.05) is 0 Å². The highest BCUT2D eigenvalue weighted by Crippen LogP contribution is 2.16. The van der Waals surface area contributed by atoms with Crippen LogP contribution in [0, 0.1) is 29.6 Å². The van der Waals surface area contributed by atoms with Gasteiger partial charge in [0.15, 0.2) is 0 Å². The van der Waals surface area contributed by atoms with Crippen molar-refractivity contribution in [2.24, 2.45) is 29.6 Å². The fourth-order valence-electron chi connectivity index (χ4n) is 8.66. The number of hydrogen-bond donors (Lipinski definition) is 13. The molecule has 0 aromatic carbocycles. The topological polar surface area (TPSA) is 386 Å². The van der Waals surface area contributed by atoms with Crippen LogP contribution in [0.1, 0.15) is 167 Å². The number of carboxylic acid groups (broad SMARTS) is 1. The van der Waals surface area contributed by atoms with Crippen LogP contribution in [-0.4, -0.2) is 165 Å². The monoisotopic (exact) mass is 1130 g/mol. The number of carboxylic acids is 1. The second-order valence-corrected chi connectivity index (χ2v) is 22.7. The van der Waals surface area contributed by atoms with Crippen LogP contribution >= 0.6 is 0 Å². The molecule has 1 aliphatic rings. The summed E-state index contributed by atoms with van der Waals surface area (Å²) in [5, 5.41) is 63.5. The van der Waals surface area contributed by atoms with Gasteiger partial charge in [0.1, 0.15) is 60.5 Å². The first-order valence-electron chi connectivity index (χ1n) is 28.0. The van der Waals surface area contributed by atoms with Crippen molar-refractivity contribution in [1.29, 1.82) is 0 Å². The number of carbonyl (C=O) groups excluding carboxylic acids is 10. The van der Waals surface area contributed by atoms with Gasteiger partial charge in [0.2, 0.25) is 53.2 Å². The lowest BCUT2D eigenvalue weighted by Crippen LogP contribution is -2.63. The van der Waals surface area contributed by atoms with Gasteiger partial charge in [-0.3, -0.25) is 47.9 Å². The standard InChI is InChI=1S/C54H95N9O16/c1-13-14-15-16-17-18-34(66)25-42(67)55-36(21-28(2)3)47(71)56-35(19-20-43(68)69)46(70)63-45-33(12)79-54(78)39(24-31(8)9)59-51(75)41(27-65)61-48(72)37(22-29(4)5)57-50(74)40(26-64)60-49(73)38(23-30(6)7)58-52(76)44(32(10)11)62-53(45)77/h28-41,44-45,64-66H,13-27H2,1-12H3,(H,55,67)(H,56,71)(H,57,74)(H,58,76)(H,59,75)(H,60,73)(H,61,72)(H,62,77)(H,63,70)(H,68,69)/t33?,34-,35+,36-,37-,38-,39-,40+,41+,44+,45+/m0/s1. The van der Waals surface area contributed by atoms with Crippen LogP contribution in [0.5, 0.6) is 0 Å². The van der Waals surface area contributed by atoms with Crippen LogP contribution in [0.25, 0.3) is 0 Å². The highest BCUT2D eigenvalue weighted by molar-refractivity contribution is 5.99. The van der Waals surface area contributed by atoms with Gasteiger partial charge in [-0.05, 0) is 75.0 Å². The Morgan fingerprint density at radius 2 is 1.03 bits per heavy atom. The van der Waals surface area contributed by atoms with E-state index in [4.69, 9.17) is 4.74 Å². The third-order valence-electron chi connectivity index (χ3n) is 12.9. The maximum Gasteiger partial charge on any atom is 0.328 e. The number of amides is 9. The van der Waals surface area contributed by atoms with E-state index >= 15 is 0 Å². The fraction of sp³-hybridized carbons (Fsp3) is 0.796. The van der Waals surface area contributed by atoms with E-state index in [0.29, 0.717) is 12.8 Å². The van der Waals surface area contributed by atoms with Crippen molar-refractivity contribution in [3.8, 4) is 0 Å².